The molecule has 4 heterocycles. The Balaban J connectivity index is 0.000000470. The molecule has 7 nitrogen and oxygen atoms in total. The van der Waals surface area contributed by atoms with Crippen molar-refractivity contribution in [3.63, 3.8) is 0 Å². The topological polar surface area (TPSA) is 90.6 Å². The largest absolute Gasteiger partial charge is 0.542 e. The number of imidazole rings is 2. The summed E-state index contributed by atoms with van der Waals surface area (Å²) >= 11 is 0. The Morgan fingerprint density at radius 2 is 1.73 bits per heavy atom. The second-order valence-corrected chi connectivity index (χ2v) is 9.13. The number of rotatable bonds is 4. The Hall–Kier alpha value is -4.01. The van der Waals surface area contributed by atoms with E-state index in [2.05, 4.69) is 9.97 Å². The second-order valence-electron chi connectivity index (χ2n) is 9.13. The summed E-state index contributed by atoms with van der Waals surface area (Å²) in [5.74, 6) is -4.68. The average Bonchev–Trinajstić information content (AvgIpc) is 3.50. The van der Waals surface area contributed by atoms with E-state index in [1.54, 1.807) is 6.07 Å². The van der Waals surface area contributed by atoms with E-state index in [0.717, 1.165) is 28.2 Å². The van der Waals surface area contributed by atoms with Gasteiger partial charge in [0.15, 0.2) is 11.6 Å². The predicted octanol–water partition coefficient (Wildman–Crippen LogP) is 3.52. The van der Waals surface area contributed by atoms with Crippen molar-refractivity contribution in [2.24, 2.45) is 0 Å². The van der Waals surface area contributed by atoms with E-state index >= 15 is 0 Å². The van der Waals surface area contributed by atoms with E-state index in [9.17, 15) is 35.1 Å². The SMILES string of the molecule is FC1(F)CC[NH+](Cc2nc(-c3ncc(-c4cccc(C(F)(F)F)c4)[nH]3)n3ccccc23)CC1.O=C([O-])C(F)(F)F. The van der Waals surface area contributed by atoms with E-state index < -0.39 is 29.8 Å². The molecule has 1 aliphatic heterocycles. The number of hydrogen-bond donors (Lipinski definition) is 2. The van der Waals surface area contributed by atoms with Crippen LogP contribution in [0.1, 0.15) is 24.1 Å². The first-order chi connectivity index (χ1) is 18.6. The van der Waals surface area contributed by atoms with Gasteiger partial charge in [-0.3, -0.25) is 4.40 Å². The van der Waals surface area contributed by atoms with Crippen LogP contribution in [0.3, 0.4) is 0 Å². The zero-order valence-electron chi connectivity index (χ0n) is 20.4. The summed E-state index contributed by atoms with van der Waals surface area (Å²) in [6.07, 6.45) is -6.60. The first-order valence-corrected chi connectivity index (χ1v) is 11.8. The van der Waals surface area contributed by atoms with Gasteiger partial charge in [-0.05, 0) is 24.3 Å². The van der Waals surface area contributed by atoms with Gasteiger partial charge in [0.2, 0.25) is 0 Å². The van der Waals surface area contributed by atoms with Gasteiger partial charge in [-0.2, -0.15) is 26.3 Å². The molecule has 1 aromatic carbocycles. The lowest BCUT2D eigenvalue weighted by atomic mass is 10.1. The van der Waals surface area contributed by atoms with Crippen molar-refractivity contribution in [3.05, 3.63) is 66.1 Å². The van der Waals surface area contributed by atoms with Gasteiger partial charge in [0.25, 0.3) is 5.92 Å². The molecule has 1 saturated heterocycles. The van der Waals surface area contributed by atoms with Crippen molar-refractivity contribution in [2.45, 2.75) is 37.7 Å². The number of carbonyl (C=O) groups excluding carboxylic acids is 1. The molecule has 0 unspecified atom stereocenters. The lowest BCUT2D eigenvalue weighted by molar-refractivity contribution is -0.921. The summed E-state index contributed by atoms with van der Waals surface area (Å²) in [7, 11) is 0. The van der Waals surface area contributed by atoms with E-state index in [1.165, 1.54) is 12.3 Å². The quantitative estimate of drug-likeness (QED) is 0.365. The Bertz CT molecular complexity index is 1480. The molecule has 0 saturated carbocycles. The number of pyridine rings is 1. The van der Waals surface area contributed by atoms with Crippen LogP contribution in [0.2, 0.25) is 0 Å². The van der Waals surface area contributed by atoms with Gasteiger partial charge in [0.05, 0.1) is 48.9 Å². The molecule has 0 bridgehead atoms. The number of nitrogens with one attached hydrogen (secondary N) is 2. The molecule has 5 rings (SSSR count). The van der Waals surface area contributed by atoms with E-state index in [-0.39, 0.29) is 12.8 Å². The Kier molecular flexibility index (Phi) is 7.87. The van der Waals surface area contributed by atoms with Gasteiger partial charge in [-0.15, -0.1) is 0 Å². The maximum atomic E-state index is 13.5. The summed E-state index contributed by atoms with van der Waals surface area (Å²) < 4.78 is 99.7. The number of halogens is 8. The fourth-order valence-corrected chi connectivity index (χ4v) is 4.23. The number of alkyl halides is 8. The number of H-pyrrole nitrogens is 1. The maximum absolute atomic E-state index is 13.5. The van der Waals surface area contributed by atoms with E-state index in [0.29, 0.717) is 42.5 Å². The first-order valence-electron chi connectivity index (χ1n) is 11.8. The van der Waals surface area contributed by atoms with Crippen LogP contribution in [-0.2, 0) is 17.5 Å². The second kappa shape index (κ2) is 10.9. The Morgan fingerprint density at radius 1 is 1.05 bits per heavy atom. The van der Waals surface area contributed by atoms with Crippen LogP contribution in [-0.4, -0.2) is 50.5 Å². The van der Waals surface area contributed by atoms with Crippen LogP contribution < -0.4 is 10.0 Å². The normalized spacial score (nSPS) is 16.0. The van der Waals surface area contributed by atoms with Crippen LogP contribution in [0.5, 0.6) is 0 Å². The van der Waals surface area contributed by atoms with Gasteiger partial charge >= 0.3 is 12.4 Å². The third-order valence-electron chi connectivity index (χ3n) is 6.25. The minimum absolute atomic E-state index is 0.139. The van der Waals surface area contributed by atoms with Crippen LogP contribution >= 0.6 is 0 Å². The number of aromatic nitrogens is 4. The van der Waals surface area contributed by atoms with Gasteiger partial charge in [0, 0.05) is 11.8 Å². The summed E-state index contributed by atoms with van der Waals surface area (Å²) in [4.78, 5) is 22.0. The van der Waals surface area contributed by atoms with Crippen LogP contribution in [0.4, 0.5) is 35.1 Å². The number of hydrogen-bond acceptors (Lipinski definition) is 4. The predicted molar refractivity (Wildman–Crippen MR) is 123 cm³/mol. The van der Waals surface area contributed by atoms with Crippen molar-refractivity contribution >= 4 is 11.5 Å². The molecule has 0 amide bonds. The summed E-state index contributed by atoms with van der Waals surface area (Å²) in [6, 6.07) is 10.6. The van der Waals surface area contributed by atoms with Crippen LogP contribution in [0.25, 0.3) is 28.4 Å². The minimum atomic E-state index is -5.19. The highest BCUT2D eigenvalue weighted by molar-refractivity contribution is 5.70. The molecule has 0 atom stereocenters. The first kappa shape index (κ1) is 29.0. The van der Waals surface area contributed by atoms with E-state index in [4.69, 9.17) is 14.9 Å². The number of carbonyl (C=O) groups is 1. The molecule has 0 aliphatic carbocycles. The number of piperidine rings is 1. The van der Waals surface area contributed by atoms with Crippen molar-refractivity contribution in [1.29, 1.82) is 0 Å². The highest BCUT2D eigenvalue weighted by Gasteiger charge is 2.37. The summed E-state index contributed by atoms with van der Waals surface area (Å²) in [6.45, 7) is 1.24. The molecule has 0 spiro atoms. The number of aromatic amines is 1. The zero-order chi connectivity index (χ0) is 29.3. The molecule has 0 radical (unpaired) electrons. The molecule has 3 aromatic heterocycles. The van der Waals surface area contributed by atoms with Crippen molar-refractivity contribution < 1.29 is 49.9 Å². The molecule has 4 aromatic rings. The number of aliphatic carboxylic acids is 1. The van der Waals surface area contributed by atoms with Crippen LogP contribution in [0.15, 0.2) is 54.9 Å². The number of quaternary nitrogens is 1. The fourth-order valence-electron chi connectivity index (χ4n) is 4.23. The monoisotopic (exact) mass is 575 g/mol. The lowest BCUT2D eigenvalue weighted by Crippen LogP contribution is -3.12. The number of carboxylic acid groups (broad SMARTS) is 1. The fraction of sp³-hybridized carbons (Fsp3) is 0.320. The third-order valence-corrected chi connectivity index (χ3v) is 6.25. The Morgan fingerprint density at radius 3 is 2.35 bits per heavy atom. The van der Waals surface area contributed by atoms with Gasteiger partial charge in [-0.25, -0.2) is 18.7 Å². The summed E-state index contributed by atoms with van der Waals surface area (Å²) in [5.41, 5.74) is 1.68. The highest BCUT2D eigenvalue weighted by Crippen LogP contribution is 2.32. The Labute approximate surface area is 221 Å². The molecule has 2 N–H and O–H groups in total. The molecule has 1 fully saturated rings. The zero-order valence-corrected chi connectivity index (χ0v) is 20.4. The minimum Gasteiger partial charge on any atom is -0.542 e. The molecular weight excluding hydrogens is 554 g/mol. The highest BCUT2D eigenvalue weighted by atomic mass is 19.4. The van der Waals surface area contributed by atoms with Crippen molar-refractivity contribution in [1.82, 2.24) is 19.4 Å². The molecule has 15 heteroatoms. The van der Waals surface area contributed by atoms with Crippen molar-refractivity contribution in [3.8, 4) is 22.9 Å². The van der Waals surface area contributed by atoms with Gasteiger partial charge in [-0.1, -0.05) is 18.2 Å². The van der Waals surface area contributed by atoms with Crippen molar-refractivity contribution in [2.75, 3.05) is 13.1 Å². The van der Waals surface area contributed by atoms with Crippen LogP contribution in [0, 0.1) is 0 Å². The van der Waals surface area contributed by atoms with Gasteiger partial charge < -0.3 is 19.8 Å². The molecule has 214 valence electrons. The smallest absolute Gasteiger partial charge is 0.430 e. The molecular formula is C25H21F8N5O2. The number of benzene rings is 1. The third kappa shape index (κ3) is 6.76. The van der Waals surface area contributed by atoms with E-state index in [1.807, 2.05) is 28.8 Å². The standard InChI is InChI=1S/C23H20F5N5.C2HF3O2/c24-22(25)7-10-32(11-8-22)14-18-19-6-1-2-9-33(19)21(31-18)20-29-13-17(30-20)15-4-3-5-16(12-15)23(26,27)28;3-2(4,5)1(6)7/h1-6,9,12-13H,7-8,10-11,14H2,(H,29,30);(H,6,7). The number of likely N-dealkylation sites (tertiary alicyclic amines) is 1. The molecule has 40 heavy (non-hydrogen) atoms. The number of nitrogens with zero attached hydrogens (tertiary/aromatic N) is 3. The average molecular weight is 575 g/mol. The van der Waals surface area contributed by atoms with Gasteiger partial charge in [0.1, 0.15) is 18.2 Å². The molecule has 1 aliphatic rings. The lowest BCUT2D eigenvalue weighted by Gasteiger charge is -2.28. The number of fused-ring (bicyclic) bond motifs is 1. The maximum Gasteiger partial charge on any atom is 0.430 e. The number of carboxylic acids is 1. The summed E-state index contributed by atoms with van der Waals surface area (Å²) in [5, 5.41) is 8.78.